The fourth-order valence-corrected chi connectivity index (χ4v) is 1.98. The first-order chi connectivity index (χ1) is 10.5. The van der Waals surface area contributed by atoms with Crippen LogP contribution in [0.25, 0.3) is 6.08 Å². The van der Waals surface area contributed by atoms with Crippen molar-refractivity contribution in [3.63, 3.8) is 0 Å². The number of benzene rings is 2. The number of non-ortho nitro benzene ring substituents is 1. The second-order valence-electron chi connectivity index (χ2n) is 4.89. The Labute approximate surface area is 128 Å². The van der Waals surface area contributed by atoms with Crippen LogP contribution in [-0.4, -0.2) is 10.8 Å². The Morgan fingerprint density at radius 3 is 2.73 bits per heavy atom. The maximum absolute atomic E-state index is 11.8. The molecule has 0 heterocycles. The van der Waals surface area contributed by atoms with Gasteiger partial charge in [-0.1, -0.05) is 42.0 Å². The van der Waals surface area contributed by atoms with E-state index < -0.39 is 4.92 Å². The predicted molar refractivity (Wildman–Crippen MR) is 85.2 cm³/mol. The van der Waals surface area contributed by atoms with Crippen LogP contribution < -0.4 is 5.32 Å². The Balaban J connectivity index is 1.94. The molecule has 2 aromatic carbocycles. The normalized spacial score (nSPS) is 10.6. The van der Waals surface area contributed by atoms with Crippen molar-refractivity contribution in [2.24, 2.45) is 0 Å². The molecule has 1 amide bonds. The van der Waals surface area contributed by atoms with E-state index in [0.717, 1.165) is 11.1 Å². The first kappa shape index (κ1) is 15.4. The number of nitro benzene ring substituents is 1. The molecule has 2 aromatic rings. The highest BCUT2D eigenvalue weighted by Crippen LogP contribution is 2.14. The number of rotatable bonds is 5. The van der Waals surface area contributed by atoms with Gasteiger partial charge in [-0.2, -0.15) is 0 Å². The molecule has 0 aliphatic rings. The second-order valence-corrected chi connectivity index (χ2v) is 4.89. The Kier molecular flexibility index (Phi) is 5.03. The molecule has 22 heavy (non-hydrogen) atoms. The predicted octanol–water partition coefficient (Wildman–Crippen LogP) is 3.23. The monoisotopic (exact) mass is 296 g/mol. The van der Waals surface area contributed by atoms with Gasteiger partial charge < -0.3 is 5.32 Å². The van der Waals surface area contributed by atoms with Crippen molar-refractivity contribution < 1.29 is 9.72 Å². The number of hydrogen-bond acceptors (Lipinski definition) is 3. The standard InChI is InChI=1S/C17H16N2O3/c1-13-4-2-6-15(10-13)12-18-17(20)9-8-14-5-3-7-16(11-14)19(21)22/h2-11H,12H2,1H3,(H,18,20)/b9-8-. The summed E-state index contributed by atoms with van der Waals surface area (Å²) >= 11 is 0. The number of carbonyl (C=O) groups is 1. The van der Waals surface area contributed by atoms with Crippen LogP contribution in [-0.2, 0) is 11.3 Å². The summed E-state index contributed by atoms with van der Waals surface area (Å²) in [5, 5.41) is 13.5. The van der Waals surface area contributed by atoms with Gasteiger partial charge in [-0.05, 0) is 24.1 Å². The van der Waals surface area contributed by atoms with Gasteiger partial charge in [-0.3, -0.25) is 14.9 Å². The number of hydrogen-bond donors (Lipinski definition) is 1. The minimum Gasteiger partial charge on any atom is -0.348 e. The first-order valence-electron chi connectivity index (χ1n) is 6.80. The van der Waals surface area contributed by atoms with Crippen LogP contribution in [0, 0.1) is 17.0 Å². The van der Waals surface area contributed by atoms with Crippen molar-refractivity contribution in [1.82, 2.24) is 5.32 Å². The Bertz CT molecular complexity index is 723. The molecular formula is C17H16N2O3. The van der Waals surface area contributed by atoms with E-state index in [4.69, 9.17) is 0 Å². The van der Waals surface area contributed by atoms with E-state index in [0.29, 0.717) is 12.1 Å². The van der Waals surface area contributed by atoms with E-state index in [-0.39, 0.29) is 11.6 Å². The lowest BCUT2D eigenvalue weighted by Crippen LogP contribution is -2.20. The smallest absolute Gasteiger partial charge is 0.270 e. The van der Waals surface area contributed by atoms with Crippen molar-refractivity contribution in [1.29, 1.82) is 0 Å². The quantitative estimate of drug-likeness (QED) is 0.523. The molecule has 0 bridgehead atoms. The van der Waals surface area contributed by atoms with Gasteiger partial charge in [0.15, 0.2) is 0 Å². The van der Waals surface area contributed by atoms with Gasteiger partial charge in [0.05, 0.1) is 4.92 Å². The molecule has 5 heteroatoms. The molecule has 112 valence electrons. The second kappa shape index (κ2) is 7.17. The van der Waals surface area contributed by atoms with Gasteiger partial charge >= 0.3 is 0 Å². The van der Waals surface area contributed by atoms with E-state index in [1.54, 1.807) is 18.2 Å². The summed E-state index contributed by atoms with van der Waals surface area (Å²) in [7, 11) is 0. The molecule has 0 unspecified atom stereocenters. The third-order valence-electron chi connectivity index (χ3n) is 3.06. The SMILES string of the molecule is Cc1cccc(CNC(=O)/C=C\c2cccc([N+](=O)[O-])c2)c1. The number of nitro groups is 1. The topological polar surface area (TPSA) is 72.2 Å². The van der Waals surface area contributed by atoms with E-state index in [9.17, 15) is 14.9 Å². The van der Waals surface area contributed by atoms with Crippen molar-refractivity contribution in [2.45, 2.75) is 13.5 Å². The molecule has 0 saturated carbocycles. The summed E-state index contributed by atoms with van der Waals surface area (Å²) in [5.74, 6) is -0.243. The lowest BCUT2D eigenvalue weighted by atomic mass is 10.1. The summed E-state index contributed by atoms with van der Waals surface area (Å²) < 4.78 is 0. The van der Waals surface area contributed by atoms with Crippen LogP contribution in [0.15, 0.2) is 54.6 Å². The molecule has 0 fully saturated rings. The molecule has 2 rings (SSSR count). The maximum Gasteiger partial charge on any atom is 0.270 e. The first-order valence-corrected chi connectivity index (χ1v) is 6.80. The fourth-order valence-electron chi connectivity index (χ4n) is 1.98. The average Bonchev–Trinajstić information content (AvgIpc) is 2.51. The lowest BCUT2D eigenvalue weighted by molar-refractivity contribution is -0.384. The van der Waals surface area contributed by atoms with Gasteiger partial charge in [0, 0.05) is 24.8 Å². The largest absolute Gasteiger partial charge is 0.348 e. The summed E-state index contributed by atoms with van der Waals surface area (Å²) in [6, 6.07) is 14.0. The highest BCUT2D eigenvalue weighted by atomic mass is 16.6. The summed E-state index contributed by atoms with van der Waals surface area (Å²) in [5.41, 5.74) is 2.78. The van der Waals surface area contributed by atoms with Crippen LogP contribution in [0.5, 0.6) is 0 Å². The van der Waals surface area contributed by atoms with Crippen LogP contribution >= 0.6 is 0 Å². The molecule has 0 aliphatic heterocycles. The Hall–Kier alpha value is -2.95. The van der Waals surface area contributed by atoms with Gasteiger partial charge in [0.1, 0.15) is 0 Å². The molecule has 0 radical (unpaired) electrons. The zero-order chi connectivity index (χ0) is 15.9. The summed E-state index contributed by atoms with van der Waals surface area (Å²) in [6.07, 6.45) is 2.92. The summed E-state index contributed by atoms with van der Waals surface area (Å²) in [6.45, 7) is 2.44. The number of carbonyl (C=O) groups excluding carboxylic acids is 1. The highest BCUT2D eigenvalue weighted by Gasteiger charge is 2.04. The molecule has 0 aliphatic carbocycles. The number of aryl methyl sites for hydroxylation is 1. The van der Waals surface area contributed by atoms with E-state index in [1.165, 1.54) is 18.2 Å². The highest BCUT2D eigenvalue weighted by molar-refractivity contribution is 5.91. The Morgan fingerprint density at radius 1 is 1.23 bits per heavy atom. The third kappa shape index (κ3) is 4.56. The minimum absolute atomic E-state index is 0.00215. The van der Waals surface area contributed by atoms with Crippen molar-refractivity contribution in [3.8, 4) is 0 Å². The third-order valence-corrected chi connectivity index (χ3v) is 3.06. The number of nitrogens with one attached hydrogen (secondary N) is 1. The van der Waals surface area contributed by atoms with Crippen molar-refractivity contribution >= 4 is 17.7 Å². The molecule has 0 saturated heterocycles. The van der Waals surface area contributed by atoms with Crippen LogP contribution in [0.1, 0.15) is 16.7 Å². The molecule has 0 spiro atoms. The molecular weight excluding hydrogens is 280 g/mol. The molecule has 0 aromatic heterocycles. The minimum atomic E-state index is -0.463. The van der Waals surface area contributed by atoms with Gasteiger partial charge in [-0.15, -0.1) is 0 Å². The number of amides is 1. The molecule has 0 atom stereocenters. The number of nitrogens with zero attached hydrogens (tertiary/aromatic N) is 1. The van der Waals surface area contributed by atoms with Gasteiger partial charge in [0.25, 0.3) is 5.69 Å². The zero-order valence-corrected chi connectivity index (χ0v) is 12.2. The van der Waals surface area contributed by atoms with Gasteiger partial charge in [0.2, 0.25) is 5.91 Å². The fraction of sp³-hybridized carbons (Fsp3) is 0.118. The van der Waals surface area contributed by atoms with Crippen molar-refractivity contribution in [3.05, 3.63) is 81.4 Å². The maximum atomic E-state index is 11.8. The zero-order valence-electron chi connectivity index (χ0n) is 12.2. The Morgan fingerprint density at radius 2 is 2.00 bits per heavy atom. The van der Waals surface area contributed by atoms with Gasteiger partial charge in [-0.25, -0.2) is 0 Å². The lowest BCUT2D eigenvalue weighted by Gasteiger charge is -2.03. The van der Waals surface area contributed by atoms with E-state index in [1.807, 2.05) is 31.2 Å². The van der Waals surface area contributed by atoms with Crippen LogP contribution in [0.3, 0.4) is 0 Å². The molecule has 1 N–H and O–H groups in total. The van der Waals surface area contributed by atoms with Crippen LogP contribution in [0.4, 0.5) is 5.69 Å². The molecule has 5 nitrogen and oxygen atoms in total. The van der Waals surface area contributed by atoms with E-state index >= 15 is 0 Å². The summed E-state index contributed by atoms with van der Waals surface area (Å²) in [4.78, 5) is 22.0. The average molecular weight is 296 g/mol. The van der Waals surface area contributed by atoms with E-state index in [2.05, 4.69) is 5.32 Å². The van der Waals surface area contributed by atoms with Crippen LogP contribution in [0.2, 0.25) is 0 Å². The van der Waals surface area contributed by atoms with Crippen molar-refractivity contribution in [2.75, 3.05) is 0 Å².